The Morgan fingerprint density at radius 2 is 1.85 bits per heavy atom. The summed E-state index contributed by atoms with van der Waals surface area (Å²) in [6, 6.07) is 0.113. The molecule has 0 saturated carbocycles. The predicted molar refractivity (Wildman–Crippen MR) is 60.3 cm³/mol. The van der Waals surface area contributed by atoms with Gasteiger partial charge in [0.15, 0.2) is 29.4 Å². The number of carboxylic acid groups (broad SMARTS) is 1. The lowest BCUT2D eigenvalue weighted by Crippen LogP contribution is -2.25. The number of aliphatic carboxylic acids is 1. The van der Waals surface area contributed by atoms with Crippen LogP contribution in [-0.2, 0) is 9.53 Å². The van der Waals surface area contributed by atoms with Gasteiger partial charge in [-0.2, -0.15) is 0 Å². The Kier molecular flexibility index (Phi) is 4.12. The number of carboxylic acids is 1. The number of halogens is 4. The van der Waals surface area contributed by atoms with Gasteiger partial charge in [0.1, 0.15) is 5.69 Å². The summed E-state index contributed by atoms with van der Waals surface area (Å²) in [5.41, 5.74) is -0.926. The van der Waals surface area contributed by atoms with Crippen LogP contribution < -0.4 is 5.32 Å². The van der Waals surface area contributed by atoms with Gasteiger partial charge in [-0.25, -0.2) is 22.4 Å². The van der Waals surface area contributed by atoms with E-state index >= 15 is 0 Å². The lowest BCUT2D eigenvalue weighted by atomic mass is 10.2. The molecule has 1 saturated heterocycles. The molecule has 1 aliphatic heterocycles. The molecule has 0 radical (unpaired) electrons. The van der Waals surface area contributed by atoms with Crippen LogP contribution in [0.25, 0.3) is 0 Å². The van der Waals surface area contributed by atoms with Crippen LogP contribution >= 0.6 is 0 Å². The first-order valence-corrected chi connectivity index (χ1v) is 5.85. The highest BCUT2D eigenvalue weighted by molar-refractivity contribution is 5.72. The van der Waals surface area contributed by atoms with E-state index in [-0.39, 0.29) is 19.0 Å². The van der Waals surface area contributed by atoms with E-state index in [1.165, 1.54) is 0 Å². The van der Waals surface area contributed by atoms with Gasteiger partial charge in [0.2, 0.25) is 0 Å². The third-order valence-electron chi connectivity index (χ3n) is 3.00. The summed E-state index contributed by atoms with van der Waals surface area (Å²) in [4.78, 5) is 10.7. The van der Waals surface area contributed by atoms with E-state index in [0.717, 1.165) is 0 Å². The molecule has 4 nitrogen and oxygen atoms in total. The van der Waals surface area contributed by atoms with Crippen LogP contribution in [0.5, 0.6) is 0 Å². The number of rotatable bonds is 4. The SMILES string of the molecule is O=C(O)C1CCC(CNc2c(F)c(F)cc(F)c2F)O1. The van der Waals surface area contributed by atoms with Gasteiger partial charge in [-0.05, 0) is 12.8 Å². The standard InChI is InChI=1S/C12H11F4NO3/c13-6-3-7(14)10(16)11(9(6)15)17-4-5-1-2-8(20-5)12(18)19/h3,5,8,17H,1-2,4H2,(H,18,19). The number of anilines is 1. The van der Waals surface area contributed by atoms with Crippen LogP contribution in [-0.4, -0.2) is 29.8 Å². The third kappa shape index (κ3) is 2.84. The first-order chi connectivity index (χ1) is 9.40. The van der Waals surface area contributed by atoms with Gasteiger partial charge in [0.25, 0.3) is 0 Å². The summed E-state index contributed by atoms with van der Waals surface area (Å²) in [6.07, 6.45) is -0.934. The Bertz CT molecular complexity index is 512. The van der Waals surface area contributed by atoms with Crippen LogP contribution in [0.1, 0.15) is 12.8 Å². The maximum absolute atomic E-state index is 13.3. The number of carbonyl (C=O) groups is 1. The fourth-order valence-corrected chi connectivity index (χ4v) is 1.98. The van der Waals surface area contributed by atoms with Gasteiger partial charge in [0.05, 0.1) is 6.10 Å². The molecule has 2 N–H and O–H groups in total. The summed E-state index contributed by atoms with van der Waals surface area (Å²) < 4.78 is 57.7. The molecule has 2 unspecified atom stereocenters. The van der Waals surface area contributed by atoms with Crippen molar-refractivity contribution in [3.63, 3.8) is 0 Å². The van der Waals surface area contributed by atoms with Crippen molar-refractivity contribution in [2.45, 2.75) is 25.0 Å². The zero-order chi connectivity index (χ0) is 14.9. The lowest BCUT2D eigenvalue weighted by Gasteiger charge is -2.14. The van der Waals surface area contributed by atoms with Crippen molar-refractivity contribution in [3.8, 4) is 0 Å². The molecule has 1 aliphatic rings. The molecule has 110 valence electrons. The van der Waals surface area contributed by atoms with Gasteiger partial charge in [0, 0.05) is 12.6 Å². The maximum atomic E-state index is 13.3. The van der Waals surface area contributed by atoms with Crippen LogP contribution in [0.4, 0.5) is 23.2 Å². The van der Waals surface area contributed by atoms with E-state index in [9.17, 15) is 22.4 Å². The van der Waals surface area contributed by atoms with Crippen molar-refractivity contribution in [2.75, 3.05) is 11.9 Å². The second kappa shape index (κ2) is 5.66. The Hall–Kier alpha value is -1.83. The van der Waals surface area contributed by atoms with E-state index in [2.05, 4.69) is 5.32 Å². The van der Waals surface area contributed by atoms with E-state index in [1.807, 2.05) is 0 Å². The highest BCUT2D eigenvalue weighted by atomic mass is 19.2. The highest BCUT2D eigenvalue weighted by Gasteiger charge is 2.30. The number of hydrogen-bond donors (Lipinski definition) is 2. The van der Waals surface area contributed by atoms with E-state index in [0.29, 0.717) is 6.42 Å². The first kappa shape index (κ1) is 14.6. The second-order valence-electron chi connectivity index (χ2n) is 4.39. The summed E-state index contributed by atoms with van der Waals surface area (Å²) >= 11 is 0. The second-order valence-corrected chi connectivity index (χ2v) is 4.39. The molecular weight excluding hydrogens is 282 g/mol. The van der Waals surface area contributed by atoms with Crippen LogP contribution in [0, 0.1) is 23.3 Å². The number of ether oxygens (including phenoxy) is 1. The molecule has 0 amide bonds. The number of hydrogen-bond acceptors (Lipinski definition) is 3. The average molecular weight is 293 g/mol. The molecule has 2 atom stereocenters. The van der Waals surface area contributed by atoms with Gasteiger partial charge in [-0.1, -0.05) is 0 Å². The number of benzene rings is 1. The van der Waals surface area contributed by atoms with Crippen molar-refractivity contribution >= 4 is 11.7 Å². The molecular formula is C12H11F4NO3. The minimum absolute atomic E-state index is 0.113. The van der Waals surface area contributed by atoms with Crippen LogP contribution in [0.2, 0.25) is 0 Å². The zero-order valence-electron chi connectivity index (χ0n) is 10.1. The van der Waals surface area contributed by atoms with Crippen molar-refractivity contribution in [2.24, 2.45) is 0 Å². The van der Waals surface area contributed by atoms with Crippen LogP contribution in [0.15, 0.2) is 6.07 Å². The van der Waals surface area contributed by atoms with Gasteiger partial charge >= 0.3 is 5.97 Å². The van der Waals surface area contributed by atoms with Crippen LogP contribution in [0.3, 0.4) is 0 Å². The first-order valence-electron chi connectivity index (χ1n) is 5.85. The van der Waals surface area contributed by atoms with E-state index in [1.54, 1.807) is 0 Å². The highest BCUT2D eigenvalue weighted by Crippen LogP contribution is 2.26. The molecule has 0 bridgehead atoms. The Balaban J connectivity index is 2.04. The molecule has 1 heterocycles. The molecule has 1 fully saturated rings. The fraction of sp³-hybridized carbons (Fsp3) is 0.417. The molecule has 8 heteroatoms. The molecule has 2 rings (SSSR count). The topological polar surface area (TPSA) is 58.6 Å². The summed E-state index contributed by atoms with van der Waals surface area (Å²) in [5, 5.41) is 10.9. The van der Waals surface area contributed by atoms with Crippen molar-refractivity contribution in [3.05, 3.63) is 29.3 Å². The lowest BCUT2D eigenvalue weighted by molar-refractivity contribution is -0.149. The quantitative estimate of drug-likeness (QED) is 0.660. The Labute approximate surface area is 111 Å². The van der Waals surface area contributed by atoms with Crippen molar-refractivity contribution in [1.82, 2.24) is 0 Å². The number of nitrogens with one attached hydrogen (secondary N) is 1. The summed E-state index contributed by atoms with van der Waals surface area (Å²) in [7, 11) is 0. The largest absolute Gasteiger partial charge is 0.479 e. The monoisotopic (exact) mass is 293 g/mol. The van der Waals surface area contributed by atoms with E-state index < -0.39 is 47.1 Å². The molecule has 1 aromatic carbocycles. The Morgan fingerprint density at radius 3 is 2.35 bits per heavy atom. The molecule has 0 aromatic heterocycles. The smallest absolute Gasteiger partial charge is 0.332 e. The molecule has 20 heavy (non-hydrogen) atoms. The zero-order valence-corrected chi connectivity index (χ0v) is 10.1. The van der Waals surface area contributed by atoms with Crippen molar-refractivity contribution in [1.29, 1.82) is 0 Å². The van der Waals surface area contributed by atoms with Gasteiger partial charge in [-0.15, -0.1) is 0 Å². The molecule has 0 aliphatic carbocycles. The normalized spacial score (nSPS) is 22.0. The Morgan fingerprint density at radius 1 is 1.25 bits per heavy atom. The summed E-state index contributed by atoms with van der Waals surface area (Å²) in [6.45, 7) is -0.152. The maximum Gasteiger partial charge on any atom is 0.332 e. The van der Waals surface area contributed by atoms with Gasteiger partial charge in [-0.3, -0.25) is 0 Å². The summed E-state index contributed by atoms with van der Waals surface area (Å²) in [5.74, 6) is -7.21. The van der Waals surface area contributed by atoms with E-state index in [4.69, 9.17) is 9.84 Å². The predicted octanol–water partition coefficient (Wildman–Crippen LogP) is 2.29. The molecule has 0 spiro atoms. The van der Waals surface area contributed by atoms with Crippen molar-refractivity contribution < 1.29 is 32.2 Å². The van der Waals surface area contributed by atoms with Gasteiger partial charge < -0.3 is 15.2 Å². The molecule has 1 aromatic rings. The average Bonchev–Trinajstić information content (AvgIpc) is 2.85. The third-order valence-corrected chi connectivity index (χ3v) is 3.00. The minimum Gasteiger partial charge on any atom is -0.479 e. The fourth-order valence-electron chi connectivity index (χ4n) is 1.98. The minimum atomic E-state index is -1.53.